The molecule has 0 amide bonds. The molecule has 3 nitrogen and oxygen atoms in total. The molecule has 1 heterocycles. The lowest BCUT2D eigenvalue weighted by Gasteiger charge is -2.42. The van der Waals surface area contributed by atoms with Gasteiger partial charge in [-0.3, -0.25) is 4.90 Å². The van der Waals surface area contributed by atoms with Crippen LogP contribution in [0.15, 0.2) is 48.5 Å². The molecule has 2 aromatic rings. The SMILES string of the molecule is CNc1cccc2c1C[C@@H](N1CCC(c3ccccc3)CC1)[C@H](O)C2. The zero-order valence-electron chi connectivity index (χ0n) is 15.0. The molecular formula is C22H28N2O. The second kappa shape index (κ2) is 7.19. The Morgan fingerprint density at radius 2 is 1.72 bits per heavy atom. The summed E-state index contributed by atoms with van der Waals surface area (Å²) in [4.78, 5) is 2.53. The number of aliphatic hydroxyl groups excluding tert-OH is 1. The first kappa shape index (κ1) is 16.6. The smallest absolute Gasteiger partial charge is 0.0739 e. The molecule has 0 saturated carbocycles. The Morgan fingerprint density at radius 1 is 0.960 bits per heavy atom. The van der Waals surface area contributed by atoms with Crippen LogP contribution in [0.2, 0.25) is 0 Å². The lowest BCUT2D eigenvalue weighted by molar-refractivity contribution is 0.0296. The summed E-state index contributed by atoms with van der Waals surface area (Å²) >= 11 is 0. The van der Waals surface area contributed by atoms with E-state index in [1.54, 1.807) is 0 Å². The topological polar surface area (TPSA) is 35.5 Å². The van der Waals surface area contributed by atoms with Crippen LogP contribution in [0.5, 0.6) is 0 Å². The molecule has 3 heteroatoms. The predicted molar refractivity (Wildman–Crippen MR) is 103 cm³/mol. The second-order valence-electron chi connectivity index (χ2n) is 7.46. The fourth-order valence-electron chi connectivity index (χ4n) is 4.67. The van der Waals surface area contributed by atoms with Crippen molar-refractivity contribution in [3.8, 4) is 0 Å². The number of likely N-dealkylation sites (tertiary alicyclic amines) is 1. The van der Waals surface area contributed by atoms with E-state index < -0.39 is 0 Å². The average molecular weight is 336 g/mol. The average Bonchev–Trinajstić information content (AvgIpc) is 2.68. The fraction of sp³-hybridized carbons (Fsp3) is 0.455. The highest BCUT2D eigenvalue weighted by atomic mass is 16.3. The maximum Gasteiger partial charge on any atom is 0.0739 e. The lowest BCUT2D eigenvalue weighted by atomic mass is 9.82. The van der Waals surface area contributed by atoms with E-state index in [-0.39, 0.29) is 12.1 Å². The summed E-state index contributed by atoms with van der Waals surface area (Å²) in [5, 5.41) is 14.1. The number of hydrogen-bond donors (Lipinski definition) is 2. The summed E-state index contributed by atoms with van der Waals surface area (Å²) in [5.41, 5.74) is 5.38. The van der Waals surface area contributed by atoms with Crippen molar-refractivity contribution in [1.29, 1.82) is 0 Å². The first-order valence-electron chi connectivity index (χ1n) is 9.52. The van der Waals surface area contributed by atoms with Crippen LogP contribution in [-0.4, -0.2) is 42.3 Å². The van der Waals surface area contributed by atoms with Gasteiger partial charge in [-0.05, 0) is 61.0 Å². The van der Waals surface area contributed by atoms with E-state index in [0.717, 1.165) is 25.9 Å². The van der Waals surface area contributed by atoms with E-state index >= 15 is 0 Å². The van der Waals surface area contributed by atoms with E-state index in [4.69, 9.17) is 0 Å². The molecule has 1 fully saturated rings. The summed E-state index contributed by atoms with van der Waals surface area (Å²) in [5.74, 6) is 0.665. The van der Waals surface area contributed by atoms with Crippen LogP contribution in [0.25, 0.3) is 0 Å². The van der Waals surface area contributed by atoms with Gasteiger partial charge in [0.25, 0.3) is 0 Å². The Balaban J connectivity index is 1.46. The summed E-state index contributed by atoms with van der Waals surface area (Å²) in [6, 6.07) is 17.5. The highest BCUT2D eigenvalue weighted by Gasteiger charge is 2.34. The minimum Gasteiger partial charge on any atom is -0.391 e. The zero-order chi connectivity index (χ0) is 17.2. The van der Waals surface area contributed by atoms with Gasteiger partial charge in [0.2, 0.25) is 0 Å². The molecular weight excluding hydrogens is 308 g/mol. The molecule has 1 aliphatic heterocycles. The van der Waals surface area contributed by atoms with Crippen molar-refractivity contribution in [2.24, 2.45) is 0 Å². The second-order valence-corrected chi connectivity index (χ2v) is 7.46. The van der Waals surface area contributed by atoms with Crippen LogP contribution in [-0.2, 0) is 12.8 Å². The van der Waals surface area contributed by atoms with E-state index in [2.05, 4.69) is 58.7 Å². The highest BCUT2D eigenvalue weighted by Crippen LogP contribution is 2.34. The van der Waals surface area contributed by atoms with Crippen molar-refractivity contribution < 1.29 is 5.11 Å². The summed E-state index contributed by atoms with van der Waals surface area (Å²) in [6.45, 7) is 2.16. The van der Waals surface area contributed by atoms with Gasteiger partial charge in [-0.15, -0.1) is 0 Å². The molecule has 0 spiro atoms. The number of aliphatic hydroxyl groups is 1. The molecule has 132 valence electrons. The molecule has 2 aliphatic rings. The van der Waals surface area contributed by atoms with Gasteiger partial charge in [0.1, 0.15) is 0 Å². The number of rotatable bonds is 3. The van der Waals surface area contributed by atoms with Gasteiger partial charge < -0.3 is 10.4 Å². The number of nitrogens with zero attached hydrogens (tertiary/aromatic N) is 1. The molecule has 0 bridgehead atoms. The number of fused-ring (bicyclic) bond motifs is 1. The van der Waals surface area contributed by atoms with Gasteiger partial charge in [-0.2, -0.15) is 0 Å². The molecule has 2 aromatic carbocycles. The third-order valence-electron chi connectivity index (χ3n) is 6.10. The minimum atomic E-state index is -0.257. The van der Waals surface area contributed by atoms with Crippen LogP contribution in [0.4, 0.5) is 5.69 Å². The van der Waals surface area contributed by atoms with Crippen LogP contribution in [0.3, 0.4) is 0 Å². The van der Waals surface area contributed by atoms with E-state index in [0.29, 0.717) is 5.92 Å². The minimum absolute atomic E-state index is 0.249. The molecule has 2 atom stereocenters. The molecule has 4 rings (SSSR count). The standard InChI is InChI=1S/C22H28N2O/c1-23-20-9-5-8-18-14-22(25)21(15-19(18)20)24-12-10-17(11-13-24)16-6-3-2-4-7-16/h2-9,17,21-23,25H,10-15H2,1H3/t21-,22-/m1/s1. The maximum absolute atomic E-state index is 10.8. The Kier molecular flexibility index (Phi) is 4.78. The fourth-order valence-corrected chi connectivity index (χ4v) is 4.67. The van der Waals surface area contributed by atoms with Crippen LogP contribution < -0.4 is 5.32 Å². The summed E-state index contributed by atoms with van der Waals surface area (Å²) in [6.07, 6.45) is 3.84. The highest BCUT2D eigenvalue weighted by molar-refractivity contribution is 5.56. The molecule has 0 aromatic heterocycles. The Morgan fingerprint density at radius 3 is 2.44 bits per heavy atom. The normalized spacial score (nSPS) is 24.7. The number of hydrogen-bond acceptors (Lipinski definition) is 3. The van der Waals surface area contributed by atoms with E-state index in [9.17, 15) is 5.11 Å². The monoisotopic (exact) mass is 336 g/mol. The predicted octanol–water partition coefficient (Wildman–Crippen LogP) is 3.44. The molecule has 0 unspecified atom stereocenters. The number of nitrogens with one attached hydrogen (secondary N) is 1. The maximum atomic E-state index is 10.8. The lowest BCUT2D eigenvalue weighted by Crippen LogP contribution is -2.51. The van der Waals surface area contributed by atoms with Gasteiger partial charge in [0.05, 0.1) is 6.10 Å². The van der Waals surface area contributed by atoms with Crippen molar-refractivity contribution in [2.75, 3.05) is 25.5 Å². The molecule has 0 radical (unpaired) electrons. The summed E-state index contributed by atoms with van der Waals surface area (Å²) in [7, 11) is 1.99. The van der Waals surface area contributed by atoms with Gasteiger partial charge >= 0.3 is 0 Å². The third-order valence-corrected chi connectivity index (χ3v) is 6.10. The van der Waals surface area contributed by atoms with Crippen molar-refractivity contribution in [1.82, 2.24) is 4.90 Å². The Hall–Kier alpha value is -1.84. The van der Waals surface area contributed by atoms with Crippen molar-refractivity contribution in [2.45, 2.75) is 43.7 Å². The Labute approximate surface area is 150 Å². The largest absolute Gasteiger partial charge is 0.391 e. The van der Waals surface area contributed by atoms with Gasteiger partial charge in [-0.1, -0.05) is 42.5 Å². The third kappa shape index (κ3) is 3.31. The number of benzene rings is 2. The first-order valence-corrected chi connectivity index (χ1v) is 9.52. The van der Waals surface area contributed by atoms with Crippen LogP contribution >= 0.6 is 0 Å². The molecule has 25 heavy (non-hydrogen) atoms. The van der Waals surface area contributed by atoms with E-state index in [1.807, 2.05) is 7.05 Å². The van der Waals surface area contributed by atoms with Crippen molar-refractivity contribution >= 4 is 5.69 Å². The number of piperidine rings is 1. The molecule has 2 N–H and O–H groups in total. The van der Waals surface area contributed by atoms with Gasteiger partial charge in [0, 0.05) is 25.2 Å². The first-order chi connectivity index (χ1) is 12.3. The van der Waals surface area contributed by atoms with E-state index in [1.165, 1.54) is 35.2 Å². The van der Waals surface area contributed by atoms with Crippen LogP contribution in [0, 0.1) is 0 Å². The van der Waals surface area contributed by atoms with Crippen LogP contribution in [0.1, 0.15) is 35.4 Å². The Bertz CT molecular complexity index is 707. The zero-order valence-corrected chi connectivity index (χ0v) is 15.0. The van der Waals surface area contributed by atoms with Gasteiger partial charge in [-0.25, -0.2) is 0 Å². The number of anilines is 1. The van der Waals surface area contributed by atoms with Crippen molar-refractivity contribution in [3.05, 3.63) is 65.2 Å². The van der Waals surface area contributed by atoms with Crippen molar-refractivity contribution in [3.63, 3.8) is 0 Å². The molecule has 1 aliphatic carbocycles. The molecule has 1 saturated heterocycles. The van der Waals surface area contributed by atoms with Gasteiger partial charge in [0.15, 0.2) is 0 Å². The quantitative estimate of drug-likeness (QED) is 0.901. The summed E-state index contributed by atoms with van der Waals surface area (Å²) < 4.78 is 0.